The summed E-state index contributed by atoms with van der Waals surface area (Å²) in [5.41, 5.74) is 0.835. The molecule has 0 aromatic heterocycles. The molecule has 2 atom stereocenters. The third-order valence-corrected chi connectivity index (χ3v) is 6.57. The summed E-state index contributed by atoms with van der Waals surface area (Å²) in [7, 11) is -2.96. The molecule has 4 nitrogen and oxygen atoms in total. The minimum Gasteiger partial charge on any atom is -0.316 e. The zero-order valence-electron chi connectivity index (χ0n) is 9.34. The Morgan fingerprint density at radius 3 is 2.61 bits per heavy atom. The molecule has 2 aliphatic heterocycles. The van der Waals surface area contributed by atoms with Crippen LogP contribution in [0.25, 0.3) is 0 Å². The van der Waals surface area contributed by atoms with Gasteiger partial charge in [0.05, 0.1) is 17.5 Å². The molecule has 0 bridgehead atoms. The van der Waals surface area contributed by atoms with Crippen LogP contribution in [0.3, 0.4) is 0 Å². The first-order chi connectivity index (χ1) is 8.46. The number of sulfone groups is 1. The Kier molecular flexibility index (Phi) is 2.84. The highest BCUT2D eigenvalue weighted by Crippen LogP contribution is 2.40. The van der Waals surface area contributed by atoms with Gasteiger partial charge in [-0.25, -0.2) is 8.42 Å². The van der Waals surface area contributed by atoms with E-state index in [4.69, 9.17) is 17.0 Å². The van der Waals surface area contributed by atoms with Crippen molar-refractivity contribution in [3.8, 4) is 0 Å². The Bertz CT molecular complexity index is 600. The Hall–Kier alpha value is -0.720. The van der Waals surface area contributed by atoms with Crippen molar-refractivity contribution < 1.29 is 8.42 Å². The van der Waals surface area contributed by atoms with Gasteiger partial charge in [-0.1, -0.05) is 23.4 Å². The maximum atomic E-state index is 11.7. The number of nitrogens with zero attached hydrogens (tertiary/aromatic N) is 1. The summed E-state index contributed by atoms with van der Waals surface area (Å²) in [6, 6.07) is 7.04. The van der Waals surface area contributed by atoms with E-state index >= 15 is 0 Å². The fraction of sp³-hybridized carbons (Fsp3) is 0.364. The molecule has 1 N–H and O–H groups in total. The zero-order valence-corrected chi connectivity index (χ0v) is 11.7. The molecular formula is C11H11ClN2O2S2. The minimum absolute atomic E-state index is 0.0156. The first-order valence-corrected chi connectivity index (χ1v) is 8.55. The smallest absolute Gasteiger partial charge is 0.161 e. The van der Waals surface area contributed by atoms with Gasteiger partial charge in [-0.2, -0.15) is 0 Å². The predicted molar refractivity (Wildman–Crippen MR) is 75.5 cm³/mol. The van der Waals surface area contributed by atoms with Crippen molar-refractivity contribution in [1.82, 2.24) is 0 Å². The summed E-state index contributed by atoms with van der Waals surface area (Å²) in [6.07, 6.45) is 0. The van der Waals surface area contributed by atoms with Crippen LogP contribution in [0, 0.1) is 5.41 Å². The van der Waals surface area contributed by atoms with Crippen LogP contribution < -0.4 is 4.90 Å². The average molecular weight is 303 g/mol. The van der Waals surface area contributed by atoms with E-state index in [9.17, 15) is 8.42 Å². The zero-order chi connectivity index (χ0) is 12.9. The molecule has 2 saturated heterocycles. The van der Waals surface area contributed by atoms with Crippen molar-refractivity contribution in [2.75, 3.05) is 16.4 Å². The van der Waals surface area contributed by atoms with Gasteiger partial charge in [0, 0.05) is 16.0 Å². The standard InChI is InChI=1S/C11H11ClN2O2S2/c12-7-1-3-8(4-2-7)14-9-5-18(15,16)6-10(9)17-11(14)13/h1-4,9-10,13H,5-6H2/t9-,10-/m1/s1. The Morgan fingerprint density at radius 2 is 1.94 bits per heavy atom. The van der Waals surface area contributed by atoms with Crippen LogP contribution in [0.4, 0.5) is 5.69 Å². The first-order valence-electron chi connectivity index (χ1n) is 5.47. The molecule has 2 aliphatic rings. The summed E-state index contributed by atoms with van der Waals surface area (Å²) < 4.78 is 23.3. The van der Waals surface area contributed by atoms with Crippen LogP contribution in [0.15, 0.2) is 24.3 Å². The Labute approximate surface area is 115 Å². The van der Waals surface area contributed by atoms with E-state index in [0.29, 0.717) is 10.2 Å². The van der Waals surface area contributed by atoms with Crippen LogP contribution in [-0.4, -0.2) is 36.4 Å². The number of hydrogen-bond donors (Lipinski definition) is 1. The fourth-order valence-corrected chi connectivity index (χ4v) is 6.33. The summed E-state index contributed by atoms with van der Waals surface area (Å²) >= 11 is 7.18. The molecule has 1 aromatic rings. The van der Waals surface area contributed by atoms with Crippen LogP contribution in [0.2, 0.25) is 5.02 Å². The number of halogens is 1. The third-order valence-electron chi connectivity index (χ3n) is 3.19. The van der Waals surface area contributed by atoms with Crippen molar-refractivity contribution >= 4 is 44.1 Å². The fourth-order valence-electron chi connectivity index (χ4n) is 2.41. The van der Waals surface area contributed by atoms with Gasteiger partial charge in [-0.05, 0) is 24.3 Å². The second kappa shape index (κ2) is 4.15. The van der Waals surface area contributed by atoms with Crippen molar-refractivity contribution in [2.24, 2.45) is 0 Å². The number of thioether (sulfide) groups is 1. The number of rotatable bonds is 1. The number of amidine groups is 1. The number of hydrogen-bond acceptors (Lipinski definition) is 4. The SMILES string of the molecule is N=C1S[C@@H]2CS(=O)(=O)C[C@H]2N1c1ccc(Cl)cc1. The van der Waals surface area contributed by atoms with Gasteiger partial charge in [0.2, 0.25) is 0 Å². The number of fused-ring (bicyclic) bond motifs is 1. The highest BCUT2D eigenvalue weighted by Gasteiger charge is 2.48. The van der Waals surface area contributed by atoms with Gasteiger partial charge in [-0.15, -0.1) is 0 Å². The van der Waals surface area contributed by atoms with Crippen LogP contribution in [0.5, 0.6) is 0 Å². The minimum atomic E-state index is -2.96. The average Bonchev–Trinajstić information content (AvgIpc) is 2.70. The van der Waals surface area contributed by atoms with Crippen molar-refractivity contribution in [3.05, 3.63) is 29.3 Å². The third kappa shape index (κ3) is 2.02. The monoisotopic (exact) mass is 302 g/mol. The second-order valence-electron chi connectivity index (χ2n) is 4.45. The van der Waals surface area contributed by atoms with E-state index in [1.54, 1.807) is 17.0 Å². The van der Waals surface area contributed by atoms with Gasteiger partial charge in [-0.3, -0.25) is 5.41 Å². The largest absolute Gasteiger partial charge is 0.316 e. The maximum Gasteiger partial charge on any atom is 0.161 e. The lowest BCUT2D eigenvalue weighted by Crippen LogP contribution is -2.37. The molecule has 96 valence electrons. The van der Waals surface area contributed by atoms with Gasteiger partial charge in [0.1, 0.15) is 0 Å². The van der Waals surface area contributed by atoms with Crippen LogP contribution in [0.1, 0.15) is 0 Å². The maximum absolute atomic E-state index is 11.7. The van der Waals surface area contributed by atoms with Crippen molar-refractivity contribution in [2.45, 2.75) is 11.3 Å². The first kappa shape index (κ1) is 12.3. The van der Waals surface area contributed by atoms with Crippen molar-refractivity contribution in [3.63, 3.8) is 0 Å². The molecule has 18 heavy (non-hydrogen) atoms. The molecule has 0 amide bonds. The normalized spacial score (nSPS) is 29.6. The highest BCUT2D eigenvalue weighted by atomic mass is 35.5. The molecule has 7 heteroatoms. The Morgan fingerprint density at radius 1 is 1.28 bits per heavy atom. The number of benzene rings is 1. The molecule has 2 heterocycles. The highest BCUT2D eigenvalue weighted by molar-refractivity contribution is 8.15. The summed E-state index contributed by atoms with van der Waals surface area (Å²) in [4.78, 5) is 1.80. The molecular weight excluding hydrogens is 292 g/mol. The summed E-state index contributed by atoms with van der Waals surface area (Å²) in [6.45, 7) is 0. The van der Waals surface area contributed by atoms with E-state index in [1.807, 2.05) is 12.1 Å². The van der Waals surface area contributed by atoms with E-state index < -0.39 is 9.84 Å². The van der Waals surface area contributed by atoms with Gasteiger partial charge in [0.15, 0.2) is 15.0 Å². The van der Waals surface area contributed by atoms with Crippen molar-refractivity contribution in [1.29, 1.82) is 5.41 Å². The number of anilines is 1. The molecule has 0 spiro atoms. The summed E-state index contributed by atoms with van der Waals surface area (Å²) in [5, 5.41) is 9.02. The van der Waals surface area contributed by atoms with Crippen LogP contribution in [-0.2, 0) is 9.84 Å². The van der Waals surface area contributed by atoms with Gasteiger partial charge in [0.25, 0.3) is 0 Å². The molecule has 0 radical (unpaired) electrons. The number of nitrogens with one attached hydrogen (secondary N) is 1. The predicted octanol–water partition coefficient (Wildman–Crippen LogP) is 1.99. The van der Waals surface area contributed by atoms with E-state index in [-0.39, 0.29) is 22.8 Å². The molecule has 1 aromatic carbocycles. The lowest BCUT2D eigenvalue weighted by molar-refractivity contribution is 0.601. The van der Waals surface area contributed by atoms with E-state index in [0.717, 1.165) is 5.69 Å². The second-order valence-corrected chi connectivity index (χ2v) is 8.27. The molecule has 0 unspecified atom stereocenters. The quantitative estimate of drug-likeness (QED) is 0.862. The van der Waals surface area contributed by atoms with Gasteiger partial charge >= 0.3 is 0 Å². The summed E-state index contributed by atoms with van der Waals surface area (Å²) in [5.74, 6) is 0.310. The molecule has 2 fully saturated rings. The van der Waals surface area contributed by atoms with E-state index in [2.05, 4.69) is 0 Å². The van der Waals surface area contributed by atoms with Crippen LogP contribution >= 0.6 is 23.4 Å². The topological polar surface area (TPSA) is 61.2 Å². The molecule has 0 saturated carbocycles. The molecule has 3 rings (SSSR count). The van der Waals surface area contributed by atoms with E-state index in [1.165, 1.54) is 11.8 Å². The van der Waals surface area contributed by atoms with Gasteiger partial charge < -0.3 is 4.90 Å². The lowest BCUT2D eigenvalue weighted by Gasteiger charge is -2.23. The molecule has 0 aliphatic carbocycles. The Balaban J connectivity index is 1.96. The lowest BCUT2D eigenvalue weighted by atomic mass is 10.2.